The highest BCUT2D eigenvalue weighted by Gasteiger charge is 2.58. The summed E-state index contributed by atoms with van der Waals surface area (Å²) in [5.41, 5.74) is 1.47. The van der Waals surface area contributed by atoms with Gasteiger partial charge in [0.05, 0.1) is 31.1 Å². The maximum atomic E-state index is 15.1. The van der Waals surface area contributed by atoms with Crippen molar-refractivity contribution in [2.75, 3.05) is 25.0 Å². The number of ether oxygens (including phenoxy) is 2. The number of aromatic nitrogens is 5. The first-order valence-electron chi connectivity index (χ1n) is 12.2. The third-order valence-electron chi connectivity index (χ3n) is 7.62. The zero-order valence-corrected chi connectivity index (χ0v) is 19.7. The Morgan fingerprint density at radius 1 is 1.30 bits per heavy atom. The fraction of sp³-hybridized carbons (Fsp3) is 0.565. The number of H-pyrrole nitrogens is 1. The minimum absolute atomic E-state index is 0.0573. The molecule has 196 valence electrons. The highest BCUT2D eigenvalue weighted by atomic mass is 19.3. The Kier molecular flexibility index (Phi) is 4.96. The van der Waals surface area contributed by atoms with Crippen LogP contribution in [0.1, 0.15) is 36.8 Å². The summed E-state index contributed by atoms with van der Waals surface area (Å²) in [6.07, 6.45) is 2.06. The van der Waals surface area contributed by atoms with Gasteiger partial charge in [0.2, 0.25) is 5.95 Å². The molecule has 2 bridgehead atoms. The summed E-state index contributed by atoms with van der Waals surface area (Å²) in [6, 6.07) is 3.31. The molecule has 8 rings (SSSR count). The number of alkyl carbamates (subject to hydrolysis) is 1. The number of amides is 1. The molecule has 37 heavy (non-hydrogen) atoms. The van der Waals surface area contributed by atoms with Gasteiger partial charge in [-0.1, -0.05) is 0 Å². The molecule has 0 aromatic carbocycles. The zero-order chi connectivity index (χ0) is 25.4. The van der Waals surface area contributed by atoms with Crippen LogP contribution in [0.2, 0.25) is 0 Å². The van der Waals surface area contributed by atoms with Crippen molar-refractivity contribution >= 4 is 23.5 Å². The number of nitrogens with zero attached hydrogens (tertiary/aromatic N) is 5. The molecule has 11 nitrogen and oxygen atoms in total. The van der Waals surface area contributed by atoms with Gasteiger partial charge in [-0.25, -0.2) is 27.9 Å². The highest BCUT2D eigenvalue weighted by molar-refractivity contribution is 5.69. The van der Waals surface area contributed by atoms with Gasteiger partial charge in [0, 0.05) is 30.5 Å². The summed E-state index contributed by atoms with van der Waals surface area (Å²) in [5.74, 6) is -1.16. The van der Waals surface area contributed by atoms with Crippen LogP contribution in [0, 0.1) is 5.92 Å². The monoisotopic (exact) mass is 518 g/mol. The lowest BCUT2D eigenvalue weighted by atomic mass is 9.50. The first kappa shape index (κ1) is 22.8. The third kappa shape index (κ3) is 4.07. The molecule has 2 saturated heterocycles. The number of rotatable bonds is 7. The van der Waals surface area contributed by atoms with Crippen LogP contribution in [0.15, 0.2) is 24.5 Å². The van der Waals surface area contributed by atoms with E-state index in [4.69, 9.17) is 9.47 Å². The number of fused-ring (bicyclic) bond motifs is 1. The molecule has 14 heteroatoms. The van der Waals surface area contributed by atoms with Crippen molar-refractivity contribution in [3.05, 3.63) is 35.9 Å². The van der Waals surface area contributed by atoms with Crippen LogP contribution < -0.4 is 10.6 Å². The molecule has 3 N–H and O–H groups in total. The lowest BCUT2D eigenvalue weighted by Gasteiger charge is -2.61. The Bertz CT molecular complexity index is 1340. The second-order valence-electron chi connectivity index (χ2n) is 10.6. The lowest BCUT2D eigenvalue weighted by molar-refractivity contribution is -0.134. The SMILES string of the molecule is O=C(NC12CC(C1)C2)O[C@H]1CO[C@@H](c2cc(Nc3nccc4nc(CN5CC(F)(F)C5)cn34)n[nH]2)[C@@H]1F. The number of carbonyl (C=O) groups is 1. The molecule has 0 radical (unpaired) electrons. The molecule has 5 aliphatic rings. The molecule has 2 aliphatic heterocycles. The summed E-state index contributed by atoms with van der Waals surface area (Å²) in [7, 11) is 0. The molecular formula is C23H25F3N8O3. The quantitative estimate of drug-likeness (QED) is 0.437. The number of aromatic amines is 1. The minimum Gasteiger partial charge on any atom is -0.441 e. The summed E-state index contributed by atoms with van der Waals surface area (Å²) >= 11 is 0. The third-order valence-corrected chi connectivity index (χ3v) is 7.62. The predicted octanol–water partition coefficient (Wildman–Crippen LogP) is 2.70. The Hall–Kier alpha value is -3.39. The molecule has 0 unspecified atom stereocenters. The van der Waals surface area contributed by atoms with Crippen LogP contribution in [0.5, 0.6) is 0 Å². The molecule has 0 spiro atoms. The van der Waals surface area contributed by atoms with E-state index >= 15 is 4.39 Å². The molecule has 5 fully saturated rings. The van der Waals surface area contributed by atoms with Crippen LogP contribution in [0.4, 0.5) is 29.7 Å². The predicted molar refractivity (Wildman–Crippen MR) is 122 cm³/mol. The van der Waals surface area contributed by atoms with Crippen LogP contribution in [0.25, 0.3) is 5.65 Å². The van der Waals surface area contributed by atoms with Gasteiger partial charge in [-0.2, -0.15) is 5.10 Å². The first-order valence-corrected chi connectivity index (χ1v) is 12.2. The van der Waals surface area contributed by atoms with Crippen molar-refractivity contribution in [1.29, 1.82) is 0 Å². The number of carbonyl (C=O) groups excluding carboxylic acids is 1. The zero-order valence-electron chi connectivity index (χ0n) is 19.7. The molecule has 3 aromatic heterocycles. The Morgan fingerprint density at radius 2 is 2.11 bits per heavy atom. The highest BCUT2D eigenvalue weighted by Crippen LogP contribution is 2.57. The van der Waals surface area contributed by atoms with Gasteiger partial charge < -0.3 is 20.1 Å². The van der Waals surface area contributed by atoms with Gasteiger partial charge in [-0.05, 0) is 31.2 Å². The van der Waals surface area contributed by atoms with Crippen molar-refractivity contribution < 1.29 is 27.4 Å². The molecule has 3 atom stereocenters. The number of imidazole rings is 1. The first-order chi connectivity index (χ1) is 17.7. The average Bonchev–Trinajstić information content (AvgIpc) is 3.48. The fourth-order valence-corrected chi connectivity index (χ4v) is 5.70. The second kappa shape index (κ2) is 8.05. The molecule has 3 aromatic rings. The molecule has 3 saturated carbocycles. The van der Waals surface area contributed by atoms with E-state index in [-0.39, 0.29) is 25.2 Å². The molecule has 5 heterocycles. The summed E-state index contributed by atoms with van der Waals surface area (Å²) < 4.78 is 54.0. The molecular weight excluding hydrogens is 493 g/mol. The number of alkyl halides is 3. The van der Waals surface area contributed by atoms with Crippen molar-refractivity contribution in [2.24, 2.45) is 5.92 Å². The summed E-state index contributed by atoms with van der Waals surface area (Å²) in [5, 5.41) is 12.9. The smallest absolute Gasteiger partial charge is 0.408 e. The molecule has 3 aliphatic carbocycles. The van der Waals surface area contributed by atoms with Crippen molar-refractivity contribution in [3.8, 4) is 0 Å². The van der Waals surface area contributed by atoms with Crippen LogP contribution in [-0.4, -0.2) is 79.0 Å². The maximum Gasteiger partial charge on any atom is 0.408 e. The topological polar surface area (TPSA) is 122 Å². The van der Waals surface area contributed by atoms with E-state index in [1.807, 2.05) is 0 Å². The van der Waals surface area contributed by atoms with E-state index in [1.165, 1.54) is 0 Å². The van der Waals surface area contributed by atoms with E-state index in [1.54, 1.807) is 33.8 Å². The van der Waals surface area contributed by atoms with Crippen molar-refractivity contribution in [1.82, 2.24) is 34.8 Å². The Morgan fingerprint density at radius 3 is 2.84 bits per heavy atom. The van der Waals surface area contributed by atoms with Gasteiger partial charge in [-0.15, -0.1) is 0 Å². The number of nitrogens with one attached hydrogen (secondary N) is 3. The summed E-state index contributed by atoms with van der Waals surface area (Å²) in [4.78, 5) is 22.6. The van der Waals surface area contributed by atoms with Crippen molar-refractivity contribution in [2.45, 2.75) is 55.6 Å². The van der Waals surface area contributed by atoms with Gasteiger partial charge in [0.1, 0.15) is 11.8 Å². The minimum atomic E-state index is -2.64. The Balaban J connectivity index is 0.992. The average molecular weight is 519 g/mol. The number of halogens is 3. The van der Waals surface area contributed by atoms with Crippen molar-refractivity contribution in [3.63, 3.8) is 0 Å². The second-order valence-corrected chi connectivity index (χ2v) is 10.6. The number of likely N-dealkylation sites (tertiary alicyclic amines) is 1. The molecule has 1 amide bonds. The van der Waals surface area contributed by atoms with E-state index in [0.29, 0.717) is 41.3 Å². The van der Waals surface area contributed by atoms with Crippen LogP contribution >= 0.6 is 0 Å². The van der Waals surface area contributed by atoms with Gasteiger partial charge in [0.25, 0.3) is 5.92 Å². The number of hydrogen-bond acceptors (Lipinski definition) is 8. The Labute approximate surface area is 208 Å². The number of anilines is 2. The fourth-order valence-electron chi connectivity index (χ4n) is 5.70. The van der Waals surface area contributed by atoms with Crippen LogP contribution in [0.3, 0.4) is 0 Å². The normalized spacial score (nSPS) is 31.9. The maximum absolute atomic E-state index is 15.1. The van der Waals surface area contributed by atoms with E-state index in [2.05, 4.69) is 30.8 Å². The lowest BCUT2D eigenvalue weighted by Crippen LogP contribution is -2.68. The van der Waals surface area contributed by atoms with E-state index in [0.717, 1.165) is 19.3 Å². The largest absolute Gasteiger partial charge is 0.441 e. The van der Waals surface area contributed by atoms with E-state index in [9.17, 15) is 13.6 Å². The summed E-state index contributed by atoms with van der Waals surface area (Å²) in [6.45, 7) is -0.311. The number of hydrogen-bond donors (Lipinski definition) is 3. The standard InChI is InChI=1S/C23H25F3N8O3/c24-18-15(37-21(35)30-22-4-12(5-22)6-22)9-36-19(18)14-3-16(32-31-14)29-20-27-2-1-17-28-13(8-34(17)20)7-33-10-23(25,26)11-33/h1-3,8,12,15,18-19H,4-7,9-11H2,(H,30,35)(H2,27,29,31,32)/t12?,15-,18+,19-,22?/m0/s1. The van der Waals surface area contributed by atoms with Crippen LogP contribution in [-0.2, 0) is 16.0 Å². The van der Waals surface area contributed by atoms with E-state index < -0.39 is 30.4 Å². The van der Waals surface area contributed by atoms with Gasteiger partial charge >= 0.3 is 6.09 Å². The van der Waals surface area contributed by atoms with Gasteiger partial charge in [0.15, 0.2) is 18.1 Å². The van der Waals surface area contributed by atoms with Gasteiger partial charge in [-0.3, -0.25) is 14.4 Å².